The van der Waals surface area contributed by atoms with Crippen LogP contribution in [-0.2, 0) is 0 Å². The lowest BCUT2D eigenvalue weighted by atomic mass is 10.2. The third-order valence-electron chi connectivity index (χ3n) is 1.15. The van der Waals surface area contributed by atoms with E-state index < -0.39 is 6.61 Å². The van der Waals surface area contributed by atoms with Crippen molar-refractivity contribution in [1.82, 2.24) is 4.98 Å². The summed E-state index contributed by atoms with van der Waals surface area (Å²) >= 11 is 0. The molecule has 0 aliphatic heterocycles. The molecule has 0 aromatic carbocycles. The highest BCUT2D eigenvalue weighted by Gasteiger charge is 2.00. The number of rotatable bonds is 2. The fourth-order valence-corrected chi connectivity index (χ4v) is 0.629. The number of aliphatic hydroxyl groups excluding tert-OH is 1. The van der Waals surface area contributed by atoms with Crippen molar-refractivity contribution in [2.45, 2.75) is 0 Å². The van der Waals surface area contributed by atoms with Gasteiger partial charge in [-0.2, -0.15) is 0 Å². The topological polar surface area (TPSA) is 50.2 Å². The number of nitrogens with zero attached hydrogens (tertiary/aromatic N) is 1. The quantitative estimate of drug-likeness (QED) is 0.595. The smallest absolute Gasteiger partial charge is 0.188 e. The Balaban J connectivity index is 2.85. The molecule has 0 aliphatic rings. The molecule has 0 fully saturated rings. The molecule has 10 heavy (non-hydrogen) atoms. The van der Waals surface area contributed by atoms with Gasteiger partial charge in [0, 0.05) is 18.0 Å². The van der Waals surface area contributed by atoms with Gasteiger partial charge in [0.1, 0.15) is 6.61 Å². The van der Waals surface area contributed by atoms with Crippen molar-refractivity contribution in [3.05, 3.63) is 30.1 Å². The molecule has 1 heterocycles. The van der Waals surface area contributed by atoms with Gasteiger partial charge in [-0.05, 0) is 12.1 Å². The maximum Gasteiger partial charge on any atom is 0.188 e. The maximum absolute atomic E-state index is 10.7. The fraction of sp³-hybridized carbons (Fsp3) is 0.143. The van der Waals surface area contributed by atoms with Crippen LogP contribution in [0.15, 0.2) is 24.5 Å². The molecule has 52 valence electrons. The third-order valence-corrected chi connectivity index (χ3v) is 1.15. The summed E-state index contributed by atoms with van der Waals surface area (Å²) in [7, 11) is 0. The zero-order chi connectivity index (χ0) is 7.40. The SMILES string of the molecule is O=C(CO)c1ccncc1. The van der Waals surface area contributed by atoms with Crippen LogP contribution < -0.4 is 0 Å². The Hall–Kier alpha value is -1.22. The third kappa shape index (κ3) is 1.39. The number of aliphatic hydroxyl groups is 1. The highest BCUT2D eigenvalue weighted by molar-refractivity contribution is 5.96. The minimum atomic E-state index is -0.440. The van der Waals surface area contributed by atoms with Crippen molar-refractivity contribution in [1.29, 1.82) is 0 Å². The summed E-state index contributed by atoms with van der Waals surface area (Å²) in [5.41, 5.74) is 0.498. The zero-order valence-corrected chi connectivity index (χ0v) is 5.32. The molecule has 0 radical (unpaired) electrons. The first-order valence-corrected chi connectivity index (χ1v) is 2.88. The number of hydrogen-bond acceptors (Lipinski definition) is 3. The number of hydrogen-bond donors (Lipinski definition) is 1. The Kier molecular flexibility index (Phi) is 2.12. The molecule has 3 heteroatoms. The van der Waals surface area contributed by atoms with Gasteiger partial charge in [0.2, 0.25) is 0 Å². The van der Waals surface area contributed by atoms with E-state index in [1.54, 1.807) is 12.1 Å². The number of aromatic nitrogens is 1. The minimum Gasteiger partial charge on any atom is -0.388 e. The van der Waals surface area contributed by atoms with Gasteiger partial charge < -0.3 is 5.11 Å². The Labute approximate surface area is 58.3 Å². The molecule has 1 N–H and O–H groups in total. The Morgan fingerprint density at radius 3 is 2.60 bits per heavy atom. The van der Waals surface area contributed by atoms with Gasteiger partial charge in [0.05, 0.1) is 0 Å². The van der Waals surface area contributed by atoms with Crippen molar-refractivity contribution in [2.75, 3.05) is 6.61 Å². The van der Waals surface area contributed by atoms with Crippen LogP contribution in [0, 0.1) is 0 Å². The summed E-state index contributed by atoms with van der Waals surface area (Å²) in [5, 5.41) is 8.42. The average Bonchev–Trinajstić information content (AvgIpc) is 2.05. The molecule has 0 unspecified atom stereocenters. The van der Waals surface area contributed by atoms with Crippen molar-refractivity contribution in [3.63, 3.8) is 0 Å². The summed E-state index contributed by atoms with van der Waals surface area (Å²) in [6, 6.07) is 3.14. The summed E-state index contributed by atoms with van der Waals surface area (Å²) in [5.74, 6) is -0.276. The van der Waals surface area contributed by atoms with E-state index in [9.17, 15) is 4.79 Å². The second-order valence-corrected chi connectivity index (χ2v) is 1.82. The fourth-order valence-electron chi connectivity index (χ4n) is 0.629. The molecule has 0 bridgehead atoms. The molecule has 0 saturated carbocycles. The van der Waals surface area contributed by atoms with Crippen LogP contribution in [0.4, 0.5) is 0 Å². The number of ketones is 1. The highest BCUT2D eigenvalue weighted by Crippen LogP contribution is 1.95. The molecular formula is C7H7NO2. The molecule has 1 rings (SSSR count). The van der Waals surface area contributed by atoms with E-state index in [0.717, 1.165) is 0 Å². The Morgan fingerprint density at radius 2 is 2.10 bits per heavy atom. The van der Waals surface area contributed by atoms with Gasteiger partial charge in [-0.1, -0.05) is 0 Å². The predicted octanol–water partition coefficient (Wildman–Crippen LogP) is 0.257. The Morgan fingerprint density at radius 1 is 1.50 bits per heavy atom. The summed E-state index contributed by atoms with van der Waals surface area (Å²) < 4.78 is 0. The second kappa shape index (κ2) is 3.08. The van der Waals surface area contributed by atoms with Crippen molar-refractivity contribution in [3.8, 4) is 0 Å². The standard InChI is InChI=1S/C7H7NO2/c9-5-7(10)6-1-3-8-4-2-6/h1-4,9H,5H2. The van der Waals surface area contributed by atoms with Crippen LogP contribution in [0.2, 0.25) is 0 Å². The van der Waals surface area contributed by atoms with Gasteiger partial charge >= 0.3 is 0 Å². The largest absolute Gasteiger partial charge is 0.388 e. The normalized spacial score (nSPS) is 9.30. The lowest BCUT2D eigenvalue weighted by Gasteiger charge is -1.92. The summed E-state index contributed by atoms with van der Waals surface area (Å²) in [4.78, 5) is 14.5. The van der Waals surface area contributed by atoms with Gasteiger partial charge in [-0.25, -0.2) is 0 Å². The molecule has 0 atom stereocenters. The lowest BCUT2D eigenvalue weighted by molar-refractivity contribution is 0.0903. The van der Waals surface area contributed by atoms with Crippen LogP contribution >= 0.6 is 0 Å². The van der Waals surface area contributed by atoms with Crippen molar-refractivity contribution in [2.24, 2.45) is 0 Å². The molecule has 1 aromatic rings. The molecular weight excluding hydrogens is 130 g/mol. The van der Waals surface area contributed by atoms with Gasteiger partial charge in [-0.15, -0.1) is 0 Å². The summed E-state index contributed by atoms with van der Waals surface area (Å²) in [6.07, 6.45) is 3.03. The van der Waals surface area contributed by atoms with Crippen molar-refractivity contribution < 1.29 is 9.90 Å². The van der Waals surface area contributed by atoms with Crippen LogP contribution in [0.25, 0.3) is 0 Å². The van der Waals surface area contributed by atoms with Crippen LogP contribution in [-0.4, -0.2) is 22.5 Å². The number of pyridine rings is 1. The predicted molar refractivity (Wildman–Crippen MR) is 35.7 cm³/mol. The second-order valence-electron chi connectivity index (χ2n) is 1.82. The number of carbonyl (C=O) groups is 1. The monoisotopic (exact) mass is 137 g/mol. The molecule has 0 aliphatic carbocycles. The Bertz CT molecular complexity index is 220. The van der Waals surface area contributed by atoms with Crippen molar-refractivity contribution >= 4 is 5.78 Å². The molecule has 0 spiro atoms. The van der Waals surface area contributed by atoms with E-state index in [1.807, 2.05) is 0 Å². The molecule has 0 saturated heterocycles. The van der Waals surface area contributed by atoms with Crippen LogP contribution in [0.1, 0.15) is 10.4 Å². The molecule has 3 nitrogen and oxygen atoms in total. The van der Waals surface area contributed by atoms with E-state index in [2.05, 4.69) is 4.98 Å². The molecule has 1 aromatic heterocycles. The molecule has 0 amide bonds. The summed E-state index contributed by atoms with van der Waals surface area (Å²) in [6.45, 7) is -0.440. The van der Waals surface area contributed by atoms with E-state index in [4.69, 9.17) is 5.11 Å². The minimum absolute atomic E-state index is 0.276. The highest BCUT2D eigenvalue weighted by atomic mass is 16.3. The van der Waals surface area contributed by atoms with E-state index in [0.29, 0.717) is 5.56 Å². The first-order chi connectivity index (χ1) is 4.84. The van der Waals surface area contributed by atoms with Gasteiger partial charge in [-0.3, -0.25) is 9.78 Å². The first-order valence-electron chi connectivity index (χ1n) is 2.88. The van der Waals surface area contributed by atoms with Gasteiger partial charge in [0.15, 0.2) is 5.78 Å². The lowest BCUT2D eigenvalue weighted by Crippen LogP contribution is -2.03. The number of Topliss-reactive ketones (excluding diaryl/α,β-unsaturated/α-hetero) is 1. The zero-order valence-electron chi connectivity index (χ0n) is 5.32. The van der Waals surface area contributed by atoms with Gasteiger partial charge in [0.25, 0.3) is 0 Å². The average molecular weight is 137 g/mol. The van der Waals surface area contributed by atoms with E-state index >= 15 is 0 Å². The van der Waals surface area contributed by atoms with Crippen LogP contribution in [0.3, 0.4) is 0 Å². The maximum atomic E-state index is 10.7. The van der Waals surface area contributed by atoms with E-state index in [1.165, 1.54) is 12.4 Å². The van der Waals surface area contributed by atoms with E-state index in [-0.39, 0.29) is 5.78 Å². The number of carbonyl (C=O) groups excluding carboxylic acids is 1. The van der Waals surface area contributed by atoms with Crippen LogP contribution in [0.5, 0.6) is 0 Å². The first kappa shape index (κ1) is 6.89.